The number of nitro groups is 1. The Bertz CT molecular complexity index is 789. The van der Waals surface area contributed by atoms with Crippen molar-refractivity contribution in [1.82, 2.24) is 15.1 Å². The highest BCUT2D eigenvalue weighted by Gasteiger charge is 2.35. The topological polar surface area (TPSA) is 88.0 Å². The molecule has 2 aliphatic heterocycles. The van der Waals surface area contributed by atoms with Gasteiger partial charge in [-0.2, -0.15) is 0 Å². The van der Waals surface area contributed by atoms with Crippen molar-refractivity contribution in [2.75, 3.05) is 33.4 Å². The number of nitrogens with one attached hydrogen (secondary N) is 1. The van der Waals surface area contributed by atoms with E-state index >= 15 is 0 Å². The minimum Gasteiger partial charge on any atom is -0.378 e. The van der Waals surface area contributed by atoms with Crippen LogP contribution in [0.4, 0.5) is 5.69 Å². The van der Waals surface area contributed by atoms with E-state index in [0.717, 1.165) is 5.70 Å². The normalized spacial score (nSPS) is 20.8. The highest BCUT2D eigenvalue weighted by Crippen LogP contribution is 2.32. The minimum atomic E-state index is -0.533. The van der Waals surface area contributed by atoms with Crippen molar-refractivity contribution >= 4 is 28.9 Å². The zero-order valence-corrected chi connectivity index (χ0v) is 15.4. The second-order valence-corrected chi connectivity index (χ2v) is 6.58. The number of hydrogen-bond acceptors (Lipinski definition) is 5. The smallest absolute Gasteiger partial charge is 0.269 e. The first-order valence-electron chi connectivity index (χ1n) is 8.26. The van der Waals surface area contributed by atoms with E-state index in [1.807, 2.05) is 6.92 Å². The highest BCUT2D eigenvalue weighted by atomic mass is 32.1. The number of benzene rings is 1. The predicted molar refractivity (Wildman–Crippen MR) is 99.4 cm³/mol. The second-order valence-electron chi connectivity index (χ2n) is 6.20. The maximum atomic E-state index is 13.2. The number of allylic oxidation sites excluding steroid dienone is 1. The van der Waals surface area contributed by atoms with Crippen molar-refractivity contribution in [2.24, 2.45) is 0 Å². The van der Waals surface area contributed by atoms with Gasteiger partial charge in [0.05, 0.1) is 29.8 Å². The third kappa shape index (κ3) is 3.40. The molecule has 138 valence electrons. The van der Waals surface area contributed by atoms with Crippen molar-refractivity contribution in [3.8, 4) is 0 Å². The lowest BCUT2D eigenvalue weighted by molar-refractivity contribution is -0.384. The van der Waals surface area contributed by atoms with Gasteiger partial charge in [-0.1, -0.05) is 12.1 Å². The summed E-state index contributed by atoms with van der Waals surface area (Å²) in [5.74, 6) is -0.107. The number of ether oxygens (including phenoxy) is 1. The van der Waals surface area contributed by atoms with Crippen molar-refractivity contribution < 1.29 is 14.5 Å². The van der Waals surface area contributed by atoms with E-state index in [0.29, 0.717) is 42.6 Å². The number of non-ortho nitro benzene ring substituents is 1. The summed E-state index contributed by atoms with van der Waals surface area (Å²) in [6.45, 7) is 3.88. The summed E-state index contributed by atoms with van der Waals surface area (Å²) >= 11 is 5.36. The first-order valence-corrected chi connectivity index (χ1v) is 8.67. The van der Waals surface area contributed by atoms with E-state index in [-0.39, 0.29) is 11.6 Å². The average molecular weight is 376 g/mol. The third-order valence-electron chi connectivity index (χ3n) is 4.70. The number of thiocarbonyl (C=S) groups is 1. The van der Waals surface area contributed by atoms with Gasteiger partial charge in [-0.05, 0) is 24.7 Å². The monoisotopic (exact) mass is 376 g/mol. The fraction of sp³-hybridized carbons (Fsp3) is 0.412. The van der Waals surface area contributed by atoms with Crippen LogP contribution in [0.15, 0.2) is 35.5 Å². The molecule has 3 rings (SSSR count). The van der Waals surface area contributed by atoms with Gasteiger partial charge in [0, 0.05) is 38.0 Å². The Labute approximate surface area is 156 Å². The number of nitrogens with zero attached hydrogens (tertiary/aromatic N) is 3. The fourth-order valence-electron chi connectivity index (χ4n) is 3.12. The zero-order valence-electron chi connectivity index (χ0n) is 14.6. The molecule has 2 aliphatic rings. The van der Waals surface area contributed by atoms with Crippen LogP contribution in [0.2, 0.25) is 0 Å². The quantitative estimate of drug-likeness (QED) is 0.487. The molecule has 0 aliphatic carbocycles. The molecule has 1 unspecified atom stereocenters. The molecule has 0 saturated carbocycles. The number of carbonyl (C=O) groups is 1. The van der Waals surface area contributed by atoms with Gasteiger partial charge in [0.25, 0.3) is 11.6 Å². The largest absolute Gasteiger partial charge is 0.378 e. The van der Waals surface area contributed by atoms with Gasteiger partial charge in [-0.25, -0.2) is 0 Å². The molecule has 0 radical (unpaired) electrons. The Morgan fingerprint density at radius 1 is 1.38 bits per heavy atom. The number of amides is 1. The van der Waals surface area contributed by atoms with Gasteiger partial charge in [0.1, 0.15) is 0 Å². The molecule has 1 saturated heterocycles. The molecule has 1 amide bonds. The zero-order chi connectivity index (χ0) is 18.8. The summed E-state index contributed by atoms with van der Waals surface area (Å²) in [4.78, 5) is 27.4. The molecule has 0 bridgehead atoms. The Morgan fingerprint density at radius 2 is 2.08 bits per heavy atom. The number of morpholine rings is 1. The lowest BCUT2D eigenvalue weighted by Gasteiger charge is -2.38. The molecular weight excluding hydrogens is 356 g/mol. The second kappa shape index (κ2) is 7.38. The lowest BCUT2D eigenvalue weighted by atomic mass is 9.93. The van der Waals surface area contributed by atoms with E-state index < -0.39 is 11.0 Å². The van der Waals surface area contributed by atoms with Crippen LogP contribution in [0.1, 0.15) is 18.5 Å². The first kappa shape index (κ1) is 18.3. The molecule has 0 spiro atoms. The standard InChI is InChI=1S/C17H20N4O4S/c1-11-14(16(22)20-6-8-25-9-7-20)15(18-17(26)19(11)2)12-4-3-5-13(10-12)21(23)24/h3-5,10,15H,6-9H2,1-2H3,(H,18,26). The molecule has 1 fully saturated rings. The Kier molecular flexibility index (Phi) is 5.19. The lowest BCUT2D eigenvalue weighted by Crippen LogP contribution is -2.50. The van der Waals surface area contributed by atoms with Gasteiger partial charge in [-0.3, -0.25) is 14.9 Å². The number of nitro benzene ring substituents is 1. The first-order chi connectivity index (χ1) is 12.4. The van der Waals surface area contributed by atoms with Gasteiger partial charge in [0.2, 0.25) is 0 Å². The summed E-state index contributed by atoms with van der Waals surface area (Å²) < 4.78 is 5.32. The summed E-state index contributed by atoms with van der Waals surface area (Å²) in [6, 6.07) is 5.75. The van der Waals surface area contributed by atoms with Gasteiger partial charge in [0.15, 0.2) is 5.11 Å². The predicted octanol–water partition coefficient (Wildman–Crippen LogP) is 1.59. The van der Waals surface area contributed by atoms with Crippen LogP contribution in [-0.4, -0.2) is 59.1 Å². The molecule has 1 aromatic carbocycles. The number of rotatable bonds is 3. The van der Waals surface area contributed by atoms with E-state index in [4.69, 9.17) is 17.0 Å². The highest BCUT2D eigenvalue weighted by molar-refractivity contribution is 7.80. The summed E-state index contributed by atoms with van der Waals surface area (Å²) in [5.41, 5.74) is 1.89. The van der Waals surface area contributed by atoms with E-state index in [1.165, 1.54) is 12.1 Å². The third-order valence-corrected chi connectivity index (χ3v) is 5.09. The Balaban J connectivity index is 2.03. The van der Waals surface area contributed by atoms with Crippen LogP contribution in [0.5, 0.6) is 0 Å². The average Bonchev–Trinajstić information content (AvgIpc) is 2.66. The summed E-state index contributed by atoms with van der Waals surface area (Å²) in [5, 5.41) is 14.7. The van der Waals surface area contributed by atoms with Gasteiger partial charge < -0.3 is 19.9 Å². The minimum absolute atomic E-state index is 0.0232. The van der Waals surface area contributed by atoms with E-state index in [2.05, 4.69) is 5.32 Å². The number of carbonyl (C=O) groups excluding carboxylic acids is 1. The summed E-state index contributed by atoms with van der Waals surface area (Å²) in [6.07, 6.45) is 0. The van der Waals surface area contributed by atoms with Gasteiger partial charge >= 0.3 is 0 Å². The van der Waals surface area contributed by atoms with E-state index in [9.17, 15) is 14.9 Å². The van der Waals surface area contributed by atoms with E-state index in [1.54, 1.807) is 29.0 Å². The molecule has 1 N–H and O–H groups in total. The van der Waals surface area contributed by atoms with Crippen molar-refractivity contribution in [1.29, 1.82) is 0 Å². The van der Waals surface area contributed by atoms with Crippen LogP contribution in [0.25, 0.3) is 0 Å². The van der Waals surface area contributed by atoms with Crippen LogP contribution in [0.3, 0.4) is 0 Å². The molecule has 8 nitrogen and oxygen atoms in total. The molecule has 0 aromatic heterocycles. The van der Waals surface area contributed by atoms with Crippen LogP contribution < -0.4 is 5.32 Å². The van der Waals surface area contributed by atoms with Crippen molar-refractivity contribution in [3.05, 3.63) is 51.2 Å². The van der Waals surface area contributed by atoms with Crippen molar-refractivity contribution in [3.63, 3.8) is 0 Å². The number of hydrogen-bond donors (Lipinski definition) is 1. The maximum Gasteiger partial charge on any atom is 0.269 e. The molecule has 26 heavy (non-hydrogen) atoms. The summed E-state index contributed by atoms with van der Waals surface area (Å²) in [7, 11) is 1.79. The molecule has 1 aromatic rings. The Hall–Kier alpha value is -2.52. The van der Waals surface area contributed by atoms with Crippen LogP contribution in [0, 0.1) is 10.1 Å². The van der Waals surface area contributed by atoms with Crippen LogP contribution >= 0.6 is 12.2 Å². The fourth-order valence-corrected chi connectivity index (χ4v) is 3.37. The van der Waals surface area contributed by atoms with Crippen LogP contribution in [-0.2, 0) is 9.53 Å². The molecule has 1 atom stereocenters. The Morgan fingerprint density at radius 3 is 2.73 bits per heavy atom. The van der Waals surface area contributed by atoms with Crippen molar-refractivity contribution in [2.45, 2.75) is 13.0 Å². The molecule has 2 heterocycles. The maximum absolute atomic E-state index is 13.2. The SMILES string of the molecule is CC1=C(C(=O)N2CCOCC2)C(c2cccc([N+](=O)[O-])c2)NC(=S)N1C. The molecular formula is C17H20N4O4S. The van der Waals surface area contributed by atoms with Gasteiger partial charge in [-0.15, -0.1) is 0 Å². The molecule has 9 heteroatoms.